The molecule has 0 heterocycles. The summed E-state index contributed by atoms with van der Waals surface area (Å²) in [7, 11) is 0. The second-order valence-corrected chi connectivity index (χ2v) is 5.21. The minimum atomic E-state index is 0.686. The minimum absolute atomic E-state index is 0.686. The smallest absolute Gasteiger partial charge is 0.00952 e. The third kappa shape index (κ3) is 3.27. The van der Waals surface area contributed by atoms with Gasteiger partial charge in [-0.3, -0.25) is 0 Å². The van der Waals surface area contributed by atoms with E-state index >= 15 is 0 Å². The van der Waals surface area contributed by atoms with Crippen molar-refractivity contribution in [3.63, 3.8) is 0 Å². The van der Waals surface area contributed by atoms with Crippen molar-refractivity contribution in [2.45, 2.75) is 71.9 Å². The first kappa shape index (κ1) is 12.0. The lowest BCUT2D eigenvalue weighted by molar-refractivity contribution is 0.237. The fourth-order valence-corrected chi connectivity index (χ4v) is 2.42. The Kier molecular flexibility index (Phi) is 4.94. The van der Waals surface area contributed by atoms with Crippen molar-refractivity contribution >= 4 is 0 Å². The third-order valence-electron chi connectivity index (χ3n) is 4.09. The first-order valence-corrected chi connectivity index (χ1v) is 6.41. The molecule has 14 heavy (non-hydrogen) atoms. The van der Waals surface area contributed by atoms with Gasteiger partial charge in [0.05, 0.1) is 0 Å². The summed E-state index contributed by atoms with van der Waals surface area (Å²) in [5.41, 5.74) is 0. The van der Waals surface area contributed by atoms with Crippen molar-refractivity contribution in [2.24, 2.45) is 11.8 Å². The monoisotopic (exact) mass is 197 g/mol. The van der Waals surface area contributed by atoms with Crippen molar-refractivity contribution in [3.05, 3.63) is 0 Å². The number of nitrogens with one attached hydrogen (secondary N) is 1. The van der Waals surface area contributed by atoms with Gasteiger partial charge in [0.25, 0.3) is 0 Å². The zero-order valence-electron chi connectivity index (χ0n) is 10.3. The molecule has 0 aromatic heterocycles. The van der Waals surface area contributed by atoms with Crippen LogP contribution in [-0.2, 0) is 0 Å². The number of hydrogen-bond donors (Lipinski definition) is 1. The zero-order valence-corrected chi connectivity index (χ0v) is 10.3. The van der Waals surface area contributed by atoms with Gasteiger partial charge in [-0.1, -0.05) is 40.0 Å². The Balaban J connectivity index is 2.34. The molecule has 84 valence electrons. The fourth-order valence-electron chi connectivity index (χ4n) is 2.42. The predicted molar refractivity (Wildman–Crippen MR) is 63.5 cm³/mol. The first-order chi connectivity index (χ1) is 6.65. The van der Waals surface area contributed by atoms with Crippen LogP contribution in [0.2, 0.25) is 0 Å². The van der Waals surface area contributed by atoms with Crippen molar-refractivity contribution in [2.75, 3.05) is 0 Å². The molecule has 0 aromatic rings. The Morgan fingerprint density at radius 1 is 1.21 bits per heavy atom. The van der Waals surface area contributed by atoms with Crippen molar-refractivity contribution in [1.82, 2.24) is 5.32 Å². The van der Waals surface area contributed by atoms with Crippen LogP contribution in [0.3, 0.4) is 0 Å². The van der Waals surface area contributed by atoms with Gasteiger partial charge in [-0.25, -0.2) is 0 Å². The second-order valence-electron chi connectivity index (χ2n) is 5.21. The molecule has 1 fully saturated rings. The van der Waals surface area contributed by atoms with Crippen LogP contribution in [-0.4, -0.2) is 12.1 Å². The molecule has 0 radical (unpaired) electrons. The van der Waals surface area contributed by atoms with Gasteiger partial charge in [0, 0.05) is 12.1 Å². The summed E-state index contributed by atoms with van der Waals surface area (Å²) in [5, 5.41) is 3.82. The van der Waals surface area contributed by atoms with Crippen molar-refractivity contribution < 1.29 is 0 Å². The average molecular weight is 197 g/mol. The van der Waals surface area contributed by atoms with E-state index in [4.69, 9.17) is 0 Å². The molecule has 0 spiro atoms. The highest BCUT2D eigenvalue weighted by atomic mass is 15.0. The summed E-state index contributed by atoms with van der Waals surface area (Å²) in [6.07, 6.45) is 6.97. The lowest BCUT2D eigenvalue weighted by Crippen LogP contribution is -2.44. The third-order valence-corrected chi connectivity index (χ3v) is 4.09. The number of rotatable bonds is 4. The van der Waals surface area contributed by atoms with E-state index in [1.807, 2.05) is 0 Å². The SMILES string of the molecule is CC[C@H](C)[C@H](C)N[C@H]1CCCC[C@H]1C. The molecular weight excluding hydrogens is 170 g/mol. The van der Waals surface area contributed by atoms with E-state index in [-0.39, 0.29) is 0 Å². The Hall–Kier alpha value is -0.0400. The summed E-state index contributed by atoms with van der Waals surface area (Å²) in [6, 6.07) is 1.47. The van der Waals surface area contributed by atoms with E-state index in [2.05, 4.69) is 33.0 Å². The van der Waals surface area contributed by atoms with Crippen LogP contribution in [0.25, 0.3) is 0 Å². The molecule has 0 unspecified atom stereocenters. The molecule has 0 saturated heterocycles. The highest BCUT2D eigenvalue weighted by Crippen LogP contribution is 2.24. The van der Waals surface area contributed by atoms with Crippen LogP contribution < -0.4 is 5.32 Å². The second kappa shape index (κ2) is 5.75. The Bertz CT molecular complexity index is 155. The molecular formula is C13H27N. The zero-order chi connectivity index (χ0) is 10.6. The van der Waals surface area contributed by atoms with Crippen LogP contribution in [0.1, 0.15) is 59.8 Å². The molecule has 1 aliphatic rings. The van der Waals surface area contributed by atoms with E-state index < -0.39 is 0 Å². The lowest BCUT2D eigenvalue weighted by Gasteiger charge is -2.34. The van der Waals surface area contributed by atoms with E-state index in [1.54, 1.807) is 0 Å². The van der Waals surface area contributed by atoms with Gasteiger partial charge in [0.2, 0.25) is 0 Å². The molecule has 0 aromatic carbocycles. The molecule has 1 N–H and O–H groups in total. The number of hydrogen-bond acceptors (Lipinski definition) is 1. The Labute approximate surface area is 89.7 Å². The largest absolute Gasteiger partial charge is 0.311 e. The van der Waals surface area contributed by atoms with Crippen LogP contribution in [0.15, 0.2) is 0 Å². The summed E-state index contributed by atoms with van der Waals surface area (Å²) < 4.78 is 0. The maximum absolute atomic E-state index is 3.82. The maximum Gasteiger partial charge on any atom is 0.00952 e. The molecule has 0 amide bonds. The Morgan fingerprint density at radius 3 is 2.43 bits per heavy atom. The van der Waals surface area contributed by atoms with Crippen molar-refractivity contribution in [1.29, 1.82) is 0 Å². The van der Waals surface area contributed by atoms with Gasteiger partial charge in [0.1, 0.15) is 0 Å². The van der Waals surface area contributed by atoms with Gasteiger partial charge in [-0.05, 0) is 31.6 Å². The van der Waals surface area contributed by atoms with Gasteiger partial charge in [-0.2, -0.15) is 0 Å². The maximum atomic E-state index is 3.82. The van der Waals surface area contributed by atoms with Crippen LogP contribution in [0.5, 0.6) is 0 Å². The minimum Gasteiger partial charge on any atom is -0.311 e. The van der Waals surface area contributed by atoms with E-state index in [1.165, 1.54) is 32.1 Å². The van der Waals surface area contributed by atoms with E-state index in [9.17, 15) is 0 Å². The highest BCUT2D eigenvalue weighted by molar-refractivity contribution is 4.81. The fraction of sp³-hybridized carbons (Fsp3) is 1.00. The van der Waals surface area contributed by atoms with E-state index in [0.29, 0.717) is 6.04 Å². The van der Waals surface area contributed by atoms with Gasteiger partial charge < -0.3 is 5.32 Å². The summed E-state index contributed by atoms with van der Waals surface area (Å²) >= 11 is 0. The Morgan fingerprint density at radius 2 is 1.86 bits per heavy atom. The molecule has 1 rings (SSSR count). The van der Waals surface area contributed by atoms with Crippen molar-refractivity contribution in [3.8, 4) is 0 Å². The molecule has 0 aliphatic heterocycles. The molecule has 0 bridgehead atoms. The normalized spacial score (nSPS) is 32.6. The van der Waals surface area contributed by atoms with Gasteiger partial charge in [0.15, 0.2) is 0 Å². The van der Waals surface area contributed by atoms with Gasteiger partial charge in [-0.15, -0.1) is 0 Å². The quantitative estimate of drug-likeness (QED) is 0.726. The lowest BCUT2D eigenvalue weighted by atomic mass is 9.85. The van der Waals surface area contributed by atoms with E-state index in [0.717, 1.165) is 17.9 Å². The molecule has 1 heteroatoms. The standard InChI is InChI=1S/C13H27N/c1-5-10(2)12(4)14-13-9-7-6-8-11(13)3/h10-14H,5-9H2,1-4H3/t10-,11+,12-,13-/m0/s1. The molecule has 4 atom stereocenters. The highest BCUT2D eigenvalue weighted by Gasteiger charge is 2.23. The predicted octanol–water partition coefficient (Wildman–Crippen LogP) is 3.59. The molecule has 1 nitrogen and oxygen atoms in total. The summed E-state index contributed by atoms with van der Waals surface area (Å²) in [4.78, 5) is 0. The topological polar surface area (TPSA) is 12.0 Å². The summed E-state index contributed by atoms with van der Waals surface area (Å²) in [6.45, 7) is 9.38. The molecule has 1 aliphatic carbocycles. The van der Waals surface area contributed by atoms with Crippen LogP contribution >= 0.6 is 0 Å². The van der Waals surface area contributed by atoms with Gasteiger partial charge >= 0.3 is 0 Å². The first-order valence-electron chi connectivity index (χ1n) is 6.41. The van der Waals surface area contributed by atoms with Crippen LogP contribution in [0.4, 0.5) is 0 Å². The van der Waals surface area contributed by atoms with Crippen LogP contribution in [0, 0.1) is 11.8 Å². The average Bonchev–Trinajstić information content (AvgIpc) is 2.20. The summed E-state index contributed by atoms with van der Waals surface area (Å²) in [5.74, 6) is 1.69. The molecule has 1 saturated carbocycles.